The van der Waals surface area contributed by atoms with Gasteiger partial charge in [0.25, 0.3) is 5.91 Å². The molecule has 1 amide bonds. The molecular weight excluding hydrogens is 467 g/mol. The highest BCUT2D eigenvalue weighted by Crippen LogP contribution is 2.33. The normalized spacial score (nSPS) is 20.7. The number of nitrogens with zero attached hydrogens (tertiary/aromatic N) is 4. The van der Waals surface area contributed by atoms with E-state index in [0.717, 1.165) is 43.7 Å². The van der Waals surface area contributed by atoms with Crippen molar-refractivity contribution in [2.24, 2.45) is 5.92 Å². The van der Waals surface area contributed by atoms with Crippen LogP contribution in [0.15, 0.2) is 36.8 Å². The lowest BCUT2D eigenvalue weighted by molar-refractivity contribution is -0.00236. The van der Waals surface area contributed by atoms with Gasteiger partial charge in [-0.2, -0.15) is 0 Å². The minimum absolute atomic E-state index is 0.00817. The molecule has 7 heteroatoms. The van der Waals surface area contributed by atoms with Crippen LogP contribution in [0.4, 0.5) is 4.39 Å². The smallest absolute Gasteiger partial charge is 0.256 e. The minimum atomic E-state index is -0.414. The lowest BCUT2D eigenvalue weighted by atomic mass is 9.97. The van der Waals surface area contributed by atoms with Gasteiger partial charge in [-0.1, -0.05) is 0 Å². The van der Waals surface area contributed by atoms with E-state index in [2.05, 4.69) is 23.0 Å². The fraction of sp³-hybridized carbons (Fsp3) is 0.533. The molecule has 0 aliphatic carbocycles. The second-order valence-electron chi connectivity index (χ2n) is 11.2. The summed E-state index contributed by atoms with van der Waals surface area (Å²) in [6.45, 7) is 10.1. The van der Waals surface area contributed by atoms with Crippen LogP contribution in [0.25, 0.3) is 16.6 Å². The number of likely N-dealkylation sites (tertiary alicyclic amines) is 1. The Hall–Kier alpha value is -2.77. The number of ether oxygens (including phenoxy) is 1. The van der Waals surface area contributed by atoms with Crippen LogP contribution in [0.5, 0.6) is 0 Å². The molecule has 2 saturated heterocycles. The van der Waals surface area contributed by atoms with Crippen molar-refractivity contribution in [3.63, 3.8) is 0 Å². The van der Waals surface area contributed by atoms with E-state index >= 15 is 0 Å². The topological polar surface area (TPSA) is 50.6 Å². The maximum Gasteiger partial charge on any atom is 0.256 e. The van der Waals surface area contributed by atoms with Crippen molar-refractivity contribution >= 4 is 16.8 Å². The molecule has 0 unspecified atom stereocenters. The van der Waals surface area contributed by atoms with E-state index in [-0.39, 0.29) is 11.9 Å². The molecule has 0 N–H and O–H groups in total. The maximum absolute atomic E-state index is 14.3. The number of halogens is 1. The summed E-state index contributed by atoms with van der Waals surface area (Å²) in [6, 6.07) is 4.50. The molecule has 0 spiro atoms. The standard InChI is InChI=1S/C30H39FN4O2/c1-20(2)33(4)30(36)26-14-24(31)8-9-27(26)35-18-23(29-21(3)15-32-16-28(29)35)13-22-10-11-34(17-22)19-25-7-5-6-12-37-25/h8-9,14-16,18,20,22,25H,5-7,10-13,17,19H2,1-4H3/t22-,25-/m0/s1. The van der Waals surface area contributed by atoms with Gasteiger partial charge in [0.2, 0.25) is 0 Å². The van der Waals surface area contributed by atoms with Crippen molar-refractivity contribution in [1.29, 1.82) is 0 Å². The highest BCUT2D eigenvalue weighted by molar-refractivity contribution is 5.99. The molecule has 0 radical (unpaired) electrons. The number of hydrogen-bond donors (Lipinski definition) is 0. The molecule has 2 aliphatic heterocycles. The zero-order valence-corrected chi connectivity index (χ0v) is 22.5. The fourth-order valence-electron chi connectivity index (χ4n) is 5.91. The van der Waals surface area contributed by atoms with Crippen LogP contribution in [0.2, 0.25) is 0 Å². The lowest BCUT2D eigenvalue weighted by Gasteiger charge is -2.27. The Morgan fingerprint density at radius 1 is 1.24 bits per heavy atom. The number of benzene rings is 1. The number of carbonyl (C=O) groups is 1. The van der Waals surface area contributed by atoms with Gasteiger partial charge >= 0.3 is 0 Å². The molecular formula is C30H39FN4O2. The molecule has 0 bridgehead atoms. The van der Waals surface area contributed by atoms with Gasteiger partial charge in [0.15, 0.2) is 0 Å². The maximum atomic E-state index is 14.3. The Labute approximate surface area is 219 Å². The summed E-state index contributed by atoms with van der Waals surface area (Å²) in [5.74, 6) is -0.0373. The number of aromatic nitrogens is 2. The molecule has 2 atom stereocenters. The van der Waals surface area contributed by atoms with Crippen molar-refractivity contribution in [3.05, 3.63) is 59.3 Å². The van der Waals surface area contributed by atoms with Crippen molar-refractivity contribution in [3.8, 4) is 5.69 Å². The Bertz CT molecular complexity index is 1260. The Kier molecular flexibility index (Phi) is 7.63. The number of fused-ring (bicyclic) bond motifs is 1. The van der Waals surface area contributed by atoms with Crippen LogP contribution in [-0.2, 0) is 11.2 Å². The van der Waals surface area contributed by atoms with E-state index in [4.69, 9.17) is 4.74 Å². The van der Waals surface area contributed by atoms with Gasteiger partial charge in [-0.05, 0) is 94.7 Å². The Morgan fingerprint density at radius 3 is 2.84 bits per heavy atom. The van der Waals surface area contributed by atoms with Crippen molar-refractivity contribution in [1.82, 2.24) is 19.4 Å². The van der Waals surface area contributed by atoms with E-state index in [1.165, 1.54) is 48.8 Å². The molecule has 5 rings (SSSR count). The summed E-state index contributed by atoms with van der Waals surface area (Å²) >= 11 is 0. The number of rotatable bonds is 7. The van der Waals surface area contributed by atoms with E-state index in [0.29, 0.717) is 23.3 Å². The summed E-state index contributed by atoms with van der Waals surface area (Å²) in [7, 11) is 1.76. The molecule has 2 fully saturated rings. The first-order valence-corrected chi connectivity index (χ1v) is 13.7. The number of carbonyl (C=O) groups excluding carboxylic acids is 1. The number of pyridine rings is 1. The van der Waals surface area contributed by atoms with Gasteiger partial charge in [-0.25, -0.2) is 4.39 Å². The first kappa shape index (κ1) is 25.9. The SMILES string of the molecule is Cc1cncc2c1c(C[C@@H]1CCN(C[C@@H]3CCCCO3)C1)cn2-c1ccc(F)cc1C(=O)N(C)C(C)C. The second kappa shape index (κ2) is 10.9. The highest BCUT2D eigenvalue weighted by Gasteiger charge is 2.28. The summed E-state index contributed by atoms with van der Waals surface area (Å²) in [4.78, 5) is 22.0. The van der Waals surface area contributed by atoms with E-state index in [9.17, 15) is 9.18 Å². The van der Waals surface area contributed by atoms with E-state index < -0.39 is 5.82 Å². The van der Waals surface area contributed by atoms with Crippen molar-refractivity contribution in [2.45, 2.75) is 65.0 Å². The number of amides is 1. The molecule has 198 valence electrons. The summed E-state index contributed by atoms with van der Waals surface area (Å²) in [5, 5.41) is 1.18. The lowest BCUT2D eigenvalue weighted by Crippen LogP contribution is -2.34. The molecule has 0 saturated carbocycles. The third-order valence-corrected chi connectivity index (χ3v) is 8.14. The average Bonchev–Trinajstić information content (AvgIpc) is 3.48. The first-order chi connectivity index (χ1) is 17.8. The van der Waals surface area contributed by atoms with Crippen LogP contribution < -0.4 is 0 Å². The zero-order chi connectivity index (χ0) is 26.1. The van der Waals surface area contributed by atoms with Gasteiger partial charge in [0.05, 0.1) is 29.1 Å². The summed E-state index contributed by atoms with van der Waals surface area (Å²) < 4.78 is 22.4. The predicted octanol–water partition coefficient (Wildman–Crippen LogP) is 5.39. The third kappa shape index (κ3) is 5.43. The Morgan fingerprint density at radius 2 is 2.08 bits per heavy atom. The zero-order valence-electron chi connectivity index (χ0n) is 22.5. The van der Waals surface area contributed by atoms with E-state index in [1.807, 2.05) is 30.8 Å². The molecule has 37 heavy (non-hydrogen) atoms. The van der Waals surface area contributed by atoms with Crippen LogP contribution >= 0.6 is 0 Å². The largest absolute Gasteiger partial charge is 0.377 e. The summed E-state index contributed by atoms with van der Waals surface area (Å²) in [5.41, 5.74) is 4.38. The van der Waals surface area contributed by atoms with Crippen LogP contribution in [0, 0.1) is 18.7 Å². The van der Waals surface area contributed by atoms with Gasteiger partial charge in [-0.3, -0.25) is 9.78 Å². The third-order valence-electron chi connectivity index (χ3n) is 8.14. The Balaban J connectivity index is 1.45. The van der Waals surface area contributed by atoms with Crippen LogP contribution in [0.1, 0.15) is 61.0 Å². The summed E-state index contributed by atoms with van der Waals surface area (Å²) in [6.07, 6.45) is 12.0. The van der Waals surface area contributed by atoms with Crippen LogP contribution in [0.3, 0.4) is 0 Å². The molecule has 1 aromatic carbocycles. The molecule has 6 nitrogen and oxygen atoms in total. The van der Waals surface area contributed by atoms with Crippen molar-refractivity contribution < 1.29 is 13.9 Å². The van der Waals surface area contributed by atoms with Gasteiger partial charge < -0.3 is 19.1 Å². The van der Waals surface area contributed by atoms with Crippen molar-refractivity contribution in [2.75, 3.05) is 33.3 Å². The van der Waals surface area contributed by atoms with Gasteiger partial charge in [0, 0.05) is 50.6 Å². The quantitative estimate of drug-likeness (QED) is 0.431. The minimum Gasteiger partial charge on any atom is -0.377 e. The average molecular weight is 507 g/mol. The van der Waals surface area contributed by atoms with E-state index in [1.54, 1.807) is 18.0 Å². The first-order valence-electron chi connectivity index (χ1n) is 13.7. The fourth-order valence-corrected chi connectivity index (χ4v) is 5.91. The molecule has 3 aromatic rings. The van der Waals surface area contributed by atoms with Gasteiger partial charge in [-0.15, -0.1) is 0 Å². The molecule has 4 heterocycles. The number of hydrogen-bond acceptors (Lipinski definition) is 4. The predicted molar refractivity (Wildman–Crippen MR) is 145 cm³/mol. The molecule has 2 aromatic heterocycles. The monoisotopic (exact) mass is 506 g/mol. The number of aryl methyl sites for hydroxylation is 1. The second-order valence-corrected chi connectivity index (χ2v) is 11.2. The molecule has 2 aliphatic rings. The van der Waals surface area contributed by atoms with Crippen LogP contribution in [-0.4, -0.2) is 70.7 Å². The highest BCUT2D eigenvalue weighted by atomic mass is 19.1. The van der Waals surface area contributed by atoms with Gasteiger partial charge in [0.1, 0.15) is 5.82 Å².